The highest BCUT2D eigenvalue weighted by Gasteiger charge is 2.29. The van der Waals surface area contributed by atoms with Crippen LogP contribution < -0.4 is 10.1 Å². The number of likely N-dealkylation sites (tertiary alicyclic amines) is 1. The summed E-state index contributed by atoms with van der Waals surface area (Å²) >= 11 is 0. The van der Waals surface area contributed by atoms with Gasteiger partial charge in [0.1, 0.15) is 11.4 Å². The van der Waals surface area contributed by atoms with Crippen LogP contribution in [0.25, 0.3) is 11.3 Å². The molecule has 1 aromatic carbocycles. The van der Waals surface area contributed by atoms with Gasteiger partial charge in [-0.1, -0.05) is 12.1 Å². The van der Waals surface area contributed by atoms with Crippen molar-refractivity contribution < 1.29 is 14.3 Å². The molecule has 4 rings (SSSR count). The van der Waals surface area contributed by atoms with Crippen molar-refractivity contribution in [3.05, 3.63) is 66.1 Å². The zero-order valence-electron chi connectivity index (χ0n) is 17.4. The maximum Gasteiger partial charge on any atom is 0.271 e. The highest BCUT2D eigenvalue weighted by Crippen LogP contribution is 2.21. The lowest BCUT2D eigenvalue weighted by atomic mass is 9.96. The lowest BCUT2D eigenvalue weighted by molar-refractivity contribution is -0.126. The number of H-pyrrole nitrogens is 1. The fraction of sp³-hybridized carbons (Fsp3) is 0.304. The minimum absolute atomic E-state index is 0.0408. The van der Waals surface area contributed by atoms with Gasteiger partial charge in [0.15, 0.2) is 0 Å². The number of hydrogen-bond donors (Lipinski definition) is 2. The first-order valence-electron chi connectivity index (χ1n) is 10.3. The van der Waals surface area contributed by atoms with Crippen LogP contribution in [0.2, 0.25) is 0 Å². The molecule has 2 aromatic heterocycles. The average molecular weight is 419 g/mol. The fourth-order valence-corrected chi connectivity index (χ4v) is 3.76. The van der Waals surface area contributed by atoms with Gasteiger partial charge in [-0.25, -0.2) is 0 Å². The van der Waals surface area contributed by atoms with Crippen molar-refractivity contribution in [2.75, 3.05) is 20.2 Å². The molecular weight excluding hydrogens is 394 g/mol. The van der Waals surface area contributed by atoms with E-state index in [4.69, 9.17) is 4.74 Å². The Morgan fingerprint density at radius 2 is 2.16 bits per heavy atom. The number of nitrogens with one attached hydrogen (secondary N) is 2. The molecule has 0 aliphatic carbocycles. The summed E-state index contributed by atoms with van der Waals surface area (Å²) in [6, 6.07) is 13.0. The molecule has 0 bridgehead atoms. The second-order valence-electron chi connectivity index (χ2n) is 7.57. The Morgan fingerprint density at radius 1 is 1.26 bits per heavy atom. The van der Waals surface area contributed by atoms with Crippen molar-refractivity contribution in [2.24, 2.45) is 5.92 Å². The van der Waals surface area contributed by atoms with Gasteiger partial charge in [-0.15, -0.1) is 0 Å². The number of nitrogens with zero attached hydrogens (tertiary/aromatic N) is 3. The number of aromatic amines is 1. The number of piperidine rings is 1. The molecule has 8 nitrogen and oxygen atoms in total. The van der Waals surface area contributed by atoms with Crippen LogP contribution in [-0.2, 0) is 11.3 Å². The minimum Gasteiger partial charge on any atom is -0.497 e. The van der Waals surface area contributed by atoms with Crippen LogP contribution in [0.4, 0.5) is 0 Å². The van der Waals surface area contributed by atoms with Crippen LogP contribution >= 0.6 is 0 Å². The van der Waals surface area contributed by atoms with E-state index in [0.717, 1.165) is 29.7 Å². The summed E-state index contributed by atoms with van der Waals surface area (Å²) in [5.74, 6) is 0.337. The first-order valence-corrected chi connectivity index (χ1v) is 10.3. The molecule has 8 heteroatoms. The van der Waals surface area contributed by atoms with Crippen LogP contribution in [0.3, 0.4) is 0 Å². The standard InChI is InChI=1S/C23H25N5O3/c1-31-19-8-2-5-16(11-19)13-25-22(29)18-7-4-10-28(15-18)23(30)21-12-20(26-27-21)17-6-3-9-24-14-17/h2-3,5-6,8-9,11-12,14,18H,4,7,10,13,15H2,1H3,(H,25,29)(H,26,27)/t18-/m0/s1. The van der Waals surface area contributed by atoms with E-state index in [1.54, 1.807) is 30.5 Å². The number of pyridine rings is 1. The SMILES string of the molecule is COc1cccc(CNC(=O)[C@H]2CCCN(C(=O)c3cc(-c4cccnc4)n[nH]3)C2)c1. The molecule has 31 heavy (non-hydrogen) atoms. The topological polar surface area (TPSA) is 100 Å². The summed E-state index contributed by atoms with van der Waals surface area (Å²) in [5.41, 5.74) is 2.89. The van der Waals surface area contributed by atoms with Gasteiger partial charge in [-0.3, -0.25) is 19.7 Å². The maximum absolute atomic E-state index is 13.0. The van der Waals surface area contributed by atoms with Crippen LogP contribution in [0, 0.1) is 5.92 Å². The van der Waals surface area contributed by atoms with Gasteiger partial charge in [-0.05, 0) is 48.7 Å². The van der Waals surface area contributed by atoms with Gasteiger partial charge in [-0.2, -0.15) is 5.10 Å². The third-order valence-corrected chi connectivity index (χ3v) is 5.45. The number of aromatic nitrogens is 3. The number of hydrogen-bond acceptors (Lipinski definition) is 5. The molecule has 2 N–H and O–H groups in total. The van der Waals surface area contributed by atoms with Crippen LogP contribution in [0.15, 0.2) is 54.9 Å². The van der Waals surface area contributed by atoms with Gasteiger partial charge >= 0.3 is 0 Å². The van der Waals surface area contributed by atoms with Gasteiger partial charge < -0.3 is 15.0 Å². The molecule has 1 fully saturated rings. The first kappa shape index (κ1) is 20.6. The quantitative estimate of drug-likeness (QED) is 0.640. The van der Waals surface area contributed by atoms with Crippen LogP contribution in [-0.4, -0.2) is 52.1 Å². The monoisotopic (exact) mass is 419 g/mol. The number of carbonyl (C=O) groups is 2. The minimum atomic E-state index is -0.232. The van der Waals surface area contributed by atoms with E-state index >= 15 is 0 Å². The molecular formula is C23H25N5O3. The van der Waals surface area contributed by atoms with E-state index in [1.165, 1.54) is 0 Å². The molecule has 3 aromatic rings. The van der Waals surface area contributed by atoms with Crippen molar-refractivity contribution >= 4 is 11.8 Å². The normalized spacial score (nSPS) is 16.0. The molecule has 0 spiro atoms. The van der Waals surface area contributed by atoms with E-state index < -0.39 is 0 Å². The summed E-state index contributed by atoms with van der Waals surface area (Å²) in [4.78, 5) is 31.5. The van der Waals surface area contributed by atoms with Crippen molar-refractivity contribution in [1.29, 1.82) is 0 Å². The zero-order valence-corrected chi connectivity index (χ0v) is 17.4. The largest absolute Gasteiger partial charge is 0.497 e. The number of ether oxygens (including phenoxy) is 1. The van der Waals surface area contributed by atoms with Crippen molar-refractivity contribution in [3.63, 3.8) is 0 Å². The summed E-state index contributed by atoms with van der Waals surface area (Å²) in [6.07, 6.45) is 4.94. The fourth-order valence-electron chi connectivity index (χ4n) is 3.76. The molecule has 0 unspecified atom stereocenters. The number of rotatable bonds is 6. The second-order valence-corrected chi connectivity index (χ2v) is 7.57. The molecule has 3 heterocycles. The molecule has 0 radical (unpaired) electrons. The molecule has 2 amide bonds. The van der Waals surface area contributed by atoms with Gasteiger partial charge in [0.25, 0.3) is 5.91 Å². The lowest BCUT2D eigenvalue weighted by Crippen LogP contribution is -2.45. The molecule has 1 atom stereocenters. The van der Waals surface area contributed by atoms with E-state index in [2.05, 4.69) is 20.5 Å². The summed E-state index contributed by atoms with van der Waals surface area (Å²) in [6.45, 7) is 1.44. The number of benzene rings is 1. The van der Waals surface area contributed by atoms with Crippen LogP contribution in [0.5, 0.6) is 5.75 Å². The van der Waals surface area contributed by atoms with Crippen molar-refractivity contribution in [2.45, 2.75) is 19.4 Å². The average Bonchev–Trinajstić information content (AvgIpc) is 3.33. The van der Waals surface area contributed by atoms with Crippen molar-refractivity contribution in [3.8, 4) is 17.0 Å². The maximum atomic E-state index is 13.0. The number of amides is 2. The predicted octanol–water partition coefficient (Wildman–Crippen LogP) is 2.65. The Kier molecular flexibility index (Phi) is 6.26. The highest BCUT2D eigenvalue weighted by atomic mass is 16.5. The number of carbonyl (C=O) groups excluding carboxylic acids is 2. The Balaban J connectivity index is 1.36. The Bertz CT molecular complexity index is 1050. The summed E-state index contributed by atoms with van der Waals surface area (Å²) in [5, 5.41) is 10.0. The lowest BCUT2D eigenvalue weighted by Gasteiger charge is -2.31. The smallest absolute Gasteiger partial charge is 0.271 e. The van der Waals surface area contributed by atoms with E-state index in [0.29, 0.717) is 31.0 Å². The third-order valence-electron chi connectivity index (χ3n) is 5.45. The van der Waals surface area contributed by atoms with E-state index in [9.17, 15) is 9.59 Å². The Labute approximate surface area is 180 Å². The Hall–Kier alpha value is -3.68. The van der Waals surface area contributed by atoms with E-state index in [1.807, 2.05) is 36.4 Å². The van der Waals surface area contributed by atoms with Crippen LogP contribution in [0.1, 0.15) is 28.9 Å². The summed E-state index contributed by atoms with van der Waals surface area (Å²) < 4.78 is 5.22. The summed E-state index contributed by atoms with van der Waals surface area (Å²) in [7, 11) is 1.62. The molecule has 1 aliphatic heterocycles. The zero-order chi connectivity index (χ0) is 21.6. The van der Waals surface area contributed by atoms with Gasteiger partial charge in [0.2, 0.25) is 5.91 Å². The second kappa shape index (κ2) is 9.42. The van der Waals surface area contributed by atoms with E-state index in [-0.39, 0.29) is 17.7 Å². The molecule has 1 aliphatic rings. The van der Waals surface area contributed by atoms with Gasteiger partial charge in [0.05, 0.1) is 18.7 Å². The van der Waals surface area contributed by atoms with Crippen molar-refractivity contribution in [1.82, 2.24) is 25.4 Å². The Morgan fingerprint density at radius 3 is 2.97 bits per heavy atom. The predicted molar refractivity (Wildman–Crippen MR) is 115 cm³/mol. The highest BCUT2D eigenvalue weighted by molar-refractivity contribution is 5.94. The molecule has 160 valence electrons. The first-order chi connectivity index (χ1) is 15.1. The number of methoxy groups -OCH3 is 1. The molecule has 0 saturated carbocycles. The third kappa shape index (κ3) is 4.91. The van der Waals surface area contributed by atoms with Gasteiger partial charge in [0, 0.05) is 37.6 Å². The molecule has 1 saturated heterocycles.